The number of halogens is 4. The first-order chi connectivity index (χ1) is 10.7. The molecule has 5 rings (SSSR count). The number of ether oxygens (including phenoxy) is 2. The van der Waals surface area contributed by atoms with Crippen molar-refractivity contribution in [1.29, 1.82) is 0 Å². The third-order valence-corrected chi connectivity index (χ3v) is 11.6. The molecular weight excluding hydrogens is 386 g/mol. The minimum atomic E-state index is -1.58. The number of alkyl halides is 4. The maximum atomic E-state index is 13.0. The average Bonchev–Trinajstić information content (AvgIpc) is 2.73. The Labute approximate surface area is 152 Å². The van der Waals surface area contributed by atoms with Gasteiger partial charge >= 0.3 is 0 Å². The van der Waals surface area contributed by atoms with E-state index in [1.54, 1.807) is 0 Å². The van der Waals surface area contributed by atoms with Gasteiger partial charge in [0.2, 0.25) is 5.79 Å². The second-order valence-corrected chi connectivity index (χ2v) is 10.1. The quantitative estimate of drug-likeness (QED) is 0.405. The van der Waals surface area contributed by atoms with Crippen molar-refractivity contribution in [1.82, 2.24) is 0 Å². The number of hydrogen-bond donors (Lipinski definition) is 0. The summed E-state index contributed by atoms with van der Waals surface area (Å²) >= 11 is 28.3. The number of Topliss-reactive ketones (excluding diaryl/α,β-unsaturated/α-hetero) is 2. The van der Waals surface area contributed by atoms with E-state index in [0.29, 0.717) is 0 Å². The molecule has 5 aliphatic rings. The Morgan fingerprint density at radius 3 is 1.39 bits per heavy atom. The number of carbonyl (C=O) groups excluding carboxylic acids is 2. The maximum absolute atomic E-state index is 13.0. The summed E-state index contributed by atoms with van der Waals surface area (Å²) in [4.78, 5) is 21.0. The molecular formula is C15H12Cl4O4. The van der Waals surface area contributed by atoms with E-state index in [1.165, 1.54) is 14.2 Å². The van der Waals surface area contributed by atoms with Crippen LogP contribution in [0, 0.1) is 35.5 Å². The predicted octanol–water partition coefficient (Wildman–Crippen LogP) is 1.80. The fourth-order valence-electron chi connectivity index (χ4n) is 7.73. The number of methoxy groups -OCH3 is 2. The van der Waals surface area contributed by atoms with Gasteiger partial charge < -0.3 is 9.47 Å². The summed E-state index contributed by atoms with van der Waals surface area (Å²) < 4.78 is 11.4. The zero-order chi connectivity index (χ0) is 16.5. The summed E-state index contributed by atoms with van der Waals surface area (Å²) in [6.07, 6.45) is 0. The number of rotatable bonds is 2. The lowest BCUT2D eigenvalue weighted by Crippen LogP contribution is -2.97. The summed E-state index contributed by atoms with van der Waals surface area (Å²) in [6.45, 7) is 0. The average molecular weight is 398 g/mol. The van der Waals surface area contributed by atoms with Crippen molar-refractivity contribution in [3.05, 3.63) is 0 Å². The highest BCUT2D eigenvalue weighted by molar-refractivity contribution is 6.53. The highest BCUT2D eigenvalue weighted by Gasteiger charge is 3.12. The van der Waals surface area contributed by atoms with Gasteiger partial charge in [0.05, 0.1) is 21.6 Å². The summed E-state index contributed by atoms with van der Waals surface area (Å²) in [5, 5.41) is 0. The van der Waals surface area contributed by atoms with E-state index in [1.807, 2.05) is 0 Å². The minimum absolute atomic E-state index is 0.0217. The Hall–Kier alpha value is 0.420. The molecule has 0 aromatic rings. The molecule has 2 bridgehead atoms. The monoisotopic (exact) mass is 396 g/mol. The Kier molecular flexibility index (Phi) is 2.05. The van der Waals surface area contributed by atoms with Gasteiger partial charge in [-0.15, -0.1) is 46.4 Å². The molecule has 0 spiro atoms. The molecule has 4 nitrogen and oxygen atoms in total. The van der Waals surface area contributed by atoms with Crippen LogP contribution in [0.1, 0.15) is 0 Å². The molecule has 5 aliphatic carbocycles. The van der Waals surface area contributed by atoms with Crippen LogP contribution < -0.4 is 0 Å². The second kappa shape index (κ2) is 3.23. The Morgan fingerprint density at radius 1 is 0.739 bits per heavy atom. The molecule has 0 heterocycles. The molecule has 10 atom stereocenters. The van der Waals surface area contributed by atoms with Crippen LogP contribution >= 0.6 is 46.4 Å². The van der Waals surface area contributed by atoms with Crippen LogP contribution in [0.4, 0.5) is 0 Å². The topological polar surface area (TPSA) is 52.6 Å². The van der Waals surface area contributed by atoms with Crippen LogP contribution in [-0.4, -0.2) is 51.1 Å². The molecule has 0 N–H and O–H groups in total. The number of fused-ring (bicyclic) bond motifs is 14. The standard InChI is InChI=1S/C15H12Cl4O4/c1-22-15(23-2)13(18)7-8-10(21)4-3(9(7)20)5-6(4)12(17,11(5,13)16)14(8,15)19/h3-8H,1-2H3/t3-,4+,5-,6+,7-,8+,11+,12-,13+,14-. The van der Waals surface area contributed by atoms with Crippen molar-refractivity contribution in [3.63, 3.8) is 0 Å². The van der Waals surface area contributed by atoms with E-state index in [2.05, 4.69) is 0 Å². The Morgan fingerprint density at radius 2 is 1.09 bits per heavy atom. The van der Waals surface area contributed by atoms with Gasteiger partial charge in [0.1, 0.15) is 21.3 Å². The second-order valence-electron chi connectivity index (χ2n) is 7.74. The Bertz CT molecular complexity index is 696. The minimum Gasteiger partial charge on any atom is -0.350 e. The third kappa shape index (κ3) is 0.753. The zero-order valence-electron chi connectivity index (χ0n) is 12.1. The zero-order valence-corrected chi connectivity index (χ0v) is 15.1. The van der Waals surface area contributed by atoms with Gasteiger partial charge in [-0.3, -0.25) is 9.59 Å². The summed E-state index contributed by atoms with van der Waals surface area (Å²) in [5.74, 6) is -4.44. The third-order valence-electron chi connectivity index (χ3n) is 8.05. The highest BCUT2D eigenvalue weighted by Crippen LogP contribution is 2.97. The molecule has 5 fully saturated rings. The fourth-order valence-corrected chi connectivity index (χ4v) is 11.1. The normalized spacial score (nSPS) is 70.9. The molecule has 0 unspecified atom stereocenters. The largest absolute Gasteiger partial charge is 0.350 e. The lowest BCUT2D eigenvalue weighted by molar-refractivity contribution is -0.244. The molecule has 0 amide bonds. The van der Waals surface area contributed by atoms with Crippen molar-refractivity contribution in [2.24, 2.45) is 35.5 Å². The van der Waals surface area contributed by atoms with Gasteiger partial charge in [0.25, 0.3) is 0 Å². The summed E-state index contributed by atoms with van der Waals surface area (Å²) in [6, 6.07) is 0. The molecule has 0 aromatic carbocycles. The first-order valence-electron chi connectivity index (χ1n) is 7.61. The van der Waals surface area contributed by atoms with Crippen LogP contribution in [0.25, 0.3) is 0 Å². The van der Waals surface area contributed by atoms with Gasteiger partial charge in [-0.1, -0.05) is 0 Å². The lowest BCUT2D eigenvalue weighted by Gasteiger charge is -2.84. The number of ketones is 2. The van der Waals surface area contributed by atoms with Crippen LogP contribution in [0.2, 0.25) is 0 Å². The molecule has 0 aliphatic heterocycles. The van der Waals surface area contributed by atoms with Gasteiger partial charge in [-0.2, -0.15) is 0 Å². The smallest absolute Gasteiger partial charge is 0.211 e. The van der Waals surface area contributed by atoms with Gasteiger partial charge in [0.15, 0.2) is 0 Å². The van der Waals surface area contributed by atoms with Crippen LogP contribution in [0.3, 0.4) is 0 Å². The fraction of sp³-hybridized carbons (Fsp3) is 0.867. The SMILES string of the molecule is COC1(OC)[C@]2(Cl)[C@H]3C(=O)[C@@H]4[C@@H]5C(=O)[C@H]3[C@@]1(Cl)[C@@]1(Cl)[C@@H]5[C@@H]4[C@]12Cl. The van der Waals surface area contributed by atoms with E-state index in [0.717, 1.165) is 0 Å². The van der Waals surface area contributed by atoms with Crippen LogP contribution in [0.15, 0.2) is 0 Å². The number of carbonyl (C=O) groups is 2. The van der Waals surface area contributed by atoms with Crippen molar-refractivity contribution >= 4 is 58.0 Å². The first kappa shape index (κ1) is 14.6. The predicted molar refractivity (Wildman–Crippen MR) is 82.0 cm³/mol. The van der Waals surface area contributed by atoms with Gasteiger partial charge in [-0.25, -0.2) is 0 Å². The van der Waals surface area contributed by atoms with Gasteiger partial charge in [-0.05, 0) is 11.8 Å². The van der Waals surface area contributed by atoms with Crippen molar-refractivity contribution in [3.8, 4) is 0 Å². The summed E-state index contributed by atoms with van der Waals surface area (Å²) in [5.41, 5.74) is 0. The first-order valence-corrected chi connectivity index (χ1v) is 9.13. The van der Waals surface area contributed by atoms with Crippen LogP contribution in [-0.2, 0) is 19.1 Å². The molecule has 23 heavy (non-hydrogen) atoms. The molecule has 0 saturated heterocycles. The highest BCUT2D eigenvalue weighted by atomic mass is 35.5. The summed E-state index contributed by atoms with van der Waals surface area (Å²) in [7, 11) is 2.83. The molecule has 5 saturated carbocycles. The van der Waals surface area contributed by atoms with E-state index >= 15 is 0 Å². The molecule has 0 aromatic heterocycles. The van der Waals surface area contributed by atoms with E-state index < -0.39 is 37.1 Å². The van der Waals surface area contributed by atoms with Crippen molar-refractivity contribution < 1.29 is 19.1 Å². The van der Waals surface area contributed by atoms with E-state index in [9.17, 15) is 9.59 Å². The van der Waals surface area contributed by atoms with Crippen molar-refractivity contribution in [2.75, 3.05) is 14.2 Å². The maximum Gasteiger partial charge on any atom is 0.211 e. The molecule has 0 radical (unpaired) electrons. The molecule has 8 heteroatoms. The van der Waals surface area contributed by atoms with Gasteiger partial charge in [0, 0.05) is 26.1 Å². The van der Waals surface area contributed by atoms with E-state index in [-0.39, 0.29) is 35.2 Å². The Balaban J connectivity index is 1.81. The molecule has 124 valence electrons. The van der Waals surface area contributed by atoms with E-state index in [4.69, 9.17) is 55.9 Å². The van der Waals surface area contributed by atoms with Crippen molar-refractivity contribution in [2.45, 2.75) is 25.3 Å². The lowest BCUT2D eigenvalue weighted by atomic mass is 9.24. The van der Waals surface area contributed by atoms with Crippen LogP contribution in [0.5, 0.6) is 0 Å². The number of hydrogen-bond acceptors (Lipinski definition) is 4.